The number of allylic oxidation sites excluding steroid dienone is 1. The summed E-state index contributed by atoms with van der Waals surface area (Å²) in [4.78, 5) is 0. The van der Waals surface area contributed by atoms with Crippen molar-refractivity contribution in [3.05, 3.63) is 23.5 Å². The van der Waals surface area contributed by atoms with E-state index in [0.29, 0.717) is 5.92 Å². The molecule has 78 valence electrons. The van der Waals surface area contributed by atoms with Gasteiger partial charge in [-0.2, -0.15) is 0 Å². The summed E-state index contributed by atoms with van der Waals surface area (Å²) >= 11 is 0. The van der Waals surface area contributed by atoms with Crippen molar-refractivity contribution in [3.63, 3.8) is 0 Å². The first kappa shape index (κ1) is 9.78. The first-order chi connectivity index (χ1) is 6.84. The molecule has 2 rings (SSSR count). The number of hydrogen-bond donors (Lipinski definition) is 0. The minimum atomic E-state index is 0.566. The second-order valence-corrected chi connectivity index (χ2v) is 4.24. The highest BCUT2D eigenvalue weighted by molar-refractivity contribution is 5.10. The summed E-state index contributed by atoms with van der Waals surface area (Å²) in [5.74, 6) is 0.566. The van der Waals surface area contributed by atoms with Gasteiger partial charge < -0.3 is 9.47 Å². The molecule has 0 N–H and O–H groups in total. The molecule has 0 amide bonds. The van der Waals surface area contributed by atoms with Crippen molar-refractivity contribution in [1.82, 2.24) is 0 Å². The van der Waals surface area contributed by atoms with E-state index in [2.05, 4.69) is 13.0 Å². The summed E-state index contributed by atoms with van der Waals surface area (Å²) < 4.78 is 10.8. The zero-order valence-electron chi connectivity index (χ0n) is 8.79. The van der Waals surface area contributed by atoms with Crippen molar-refractivity contribution in [1.29, 1.82) is 0 Å². The summed E-state index contributed by atoms with van der Waals surface area (Å²) in [5.41, 5.74) is 2.80. The number of ether oxygens (including phenoxy) is 2. The van der Waals surface area contributed by atoms with Gasteiger partial charge >= 0.3 is 0 Å². The second-order valence-electron chi connectivity index (χ2n) is 4.24. The Labute approximate surface area is 85.6 Å². The maximum Gasteiger partial charge on any atom is 0.0876 e. The van der Waals surface area contributed by atoms with Crippen LogP contribution in [0.2, 0.25) is 0 Å². The smallest absolute Gasteiger partial charge is 0.0876 e. The van der Waals surface area contributed by atoms with Crippen LogP contribution in [-0.2, 0) is 9.47 Å². The summed E-state index contributed by atoms with van der Waals surface area (Å²) in [6, 6.07) is 0. The Bertz CT molecular complexity index is 253. The molecule has 0 spiro atoms. The Morgan fingerprint density at radius 2 is 2.43 bits per heavy atom. The monoisotopic (exact) mass is 194 g/mol. The average Bonchev–Trinajstić information content (AvgIpc) is 2.19. The molecule has 0 radical (unpaired) electrons. The lowest BCUT2D eigenvalue weighted by atomic mass is 9.94. The van der Waals surface area contributed by atoms with E-state index in [1.54, 1.807) is 0 Å². The first-order valence-corrected chi connectivity index (χ1v) is 5.39. The van der Waals surface area contributed by atoms with Crippen LogP contribution in [0, 0.1) is 5.92 Å². The molecule has 2 heterocycles. The van der Waals surface area contributed by atoms with Gasteiger partial charge in [0.05, 0.1) is 26.1 Å². The molecule has 0 aromatic heterocycles. The molecule has 2 nitrogen and oxygen atoms in total. The first-order valence-electron chi connectivity index (χ1n) is 5.39. The van der Waals surface area contributed by atoms with Crippen molar-refractivity contribution in [2.75, 3.05) is 19.8 Å². The van der Waals surface area contributed by atoms with Crippen LogP contribution in [-0.4, -0.2) is 19.8 Å². The lowest BCUT2D eigenvalue weighted by Gasteiger charge is -2.22. The van der Waals surface area contributed by atoms with Crippen LogP contribution in [0.25, 0.3) is 0 Å². The summed E-state index contributed by atoms with van der Waals surface area (Å²) in [7, 11) is 0. The van der Waals surface area contributed by atoms with Gasteiger partial charge in [-0.05, 0) is 31.8 Å². The quantitative estimate of drug-likeness (QED) is 0.629. The van der Waals surface area contributed by atoms with E-state index in [9.17, 15) is 0 Å². The zero-order chi connectivity index (χ0) is 9.80. The molecule has 0 aromatic carbocycles. The molecule has 0 bridgehead atoms. The van der Waals surface area contributed by atoms with E-state index in [1.165, 1.54) is 24.0 Å². The van der Waals surface area contributed by atoms with Crippen molar-refractivity contribution in [3.8, 4) is 0 Å². The van der Waals surface area contributed by atoms with Crippen LogP contribution >= 0.6 is 0 Å². The maximum absolute atomic E-state index is 5.50. The topological polar surface area (TPSA) is 18.5 Å². The van der Waals surface area contributed by atoms with E-state index in [4.69, 9.17) is 9.47 Å². The van der Waals surface area contributed by atoms with Gasteiger partial charge in [0.1, 0.15) is 0 Å². The molecular formula is C12H18O2. The van der Waals surface area contributed by atoms with Crippen molar-refractivity contribution >= 4 is 0 Å². The van der Waals surface area contributed by atoms with Crippen LogP contribution in [0.3, 0.4) is 0 Å². The van der Waals surface area contributed by atoms with Gasteiger partial charge in [-0.3, -0.25) is 0 Å². The van der Waals surface area contributed by atoms with Gasteiger partial charge in [-0.25, -0.2) is 0 Å². The fraction of sp³-hybridized carbons (Fsp3) is 0.667. The molecule has 2 aliphatic heterocycles. The Morgan fingerprint density at radius 1 is 1.50 bits per heavy atom. The fourth-order valence-electron chi connectivity index (χ4n) is 2.09. The minimum Gasteiger partial charge on any atom is -0.501 e. The van der Waals surface area contributed by atoms with E-state index >= 15 is 0 Å². The van der Waals surface area contributed by atoms with Crippen molar-refractivity contribution < 1.29 is 9.47 Å². The lowest BCUT2D eigenvalue weighted by Crippen LogP contribution is -2.16. The highest BCUT2D eigenvalue weighted by Gasteiger charge is 2.15. The highest BCUT2D eigenvalue weighted by atomic mass is 16.5. The Balaban J connectivity index is 1.90. The predicted octanol–water partition coefficient (Wildman–Crippen LogP) is 2.66. The SMILES string of the molecule is CC1=CC(CC2=COCCC2)COC1. The molecule has 0 fully saturated rings. The molecule has 0 aliphatic carbocycles. The average molecular weight is 194 g/mol. The van der Waals surface area contributed by atoms with Crippen molar-refractivity contribution in [2.45, 2.75) is 26.2 Å². The van der Waals surface area contributed by atoms with Gasteiger partial charge in [-0.1, -0.05) is 11.6 Å². The van der Waals surface area contributed by atoms with E-state index in [0.717, 1.165) is 26.2 Å². The molecule has 2 aliphatic rings. The summed E-state index contributed by atoms with van der Waals surface area (Å²) in [5, 5.41) is 0. The van der Waals surface area contributed by atoms with E-state index in [-0.39, 0.29) is 0 Å². The zero-order valence-corrected chi connectivity index (χ0v) is 8.79. The predicted molar refractivity (Wildman–Crippen MR) is 56.0 cm³/mol. The van der Waals surface area contributed by atoms with Crippen LogP contribution < -0.4 is 0 Å². The molecular weight excluding hydrogens is 176 g/mol. The molecule has 0 aromatic rings. The van der Waals surface area contributed by atoms with Crippen LogP contribution in [0.1, 0.15) is 26.2 Å². The number of rotatable bonds is 2. The van der Waals surface area contributed by atoms with Gasteiger partial charge in [0.2, 0.25) is 0 Å². The fourth-order valence-corrected chi connectivity index (χ4v) is 2.09. The van der Waals surface area contributed by atoms with Crippen LogP contribution in [0.4, 0.5) is 0 Å². The van der Waals surface area contributed by atoms with Crippen LogP contribution in [0.5, 0.6) is 0 Å². The Hall–Kier alpha value is -0.760. The third-order valence-electron chi connectivity index (χ3n) is 2.72. The molecule has 14 heavy (non-hydrogen) atoms. The second kappa shape index (κ2) is 4.65. The summed E-state index contributed by atoms with van der Waals surface area (Å²) in [6.07, 6.45) is 7.77. The Morgan fingerprint density at radius 3 is 3.14 bits per heavy atom. The Kier molecular flexibility index (Phi) is 3.25. The maximum atomic E-state index is 5.50. The molecule has 0 saturated carbocycles. The summed E-state index contributed by atoms with van der Waals surface area (Å²) in [6.45, 7) is 4.71. The van der Waals surface area contributed by atoms with E-state index < -0.39 is 0 Å². The van der Waals surface area contributed by atoms with Gasteiger partial charge in [0.25, 0.3) is 0 Å². The van der Waals surface area contributed by atoms with E-state index in [1.807, 2.05) is 6.26 Å². The standard InChI is InChI=1S/C12H18O2/c1-10-5-12(9-14-7-10)6-11-3-2-4-13-8-11/h5,8,12H,2-4,6-7,9H2,1H3. The molecule has 1 atom stereocenters. The third-order valence-corrected chi connectivity index (χ3v) is 2.72. The molecule has 0 saturated heterocycles. The highest BCUT2D eigenvalue weighted by Crippen LogP contribution is 2.24. The minimum absolute atomic E-state index is 0.566. The van der Waals surface area contributed by atoms with Gasteiger partial charge in [-0.15, -0.1) is 0 Å². The van der Waals surface area contributed by atoms with Crippen molar-refractivity contribution in [2.24, 2.45) is 5.92 Å². The number of hydrogen-bond acceptors (Lipinski definition) is 2. The van der Waals surface area contributed by atoms with Gasteiger partial charge in [0.15, 0.2) is 0 Å². The molecule has 1 unspecified atom stereocenters. The molecule has 2 heteroatoms. The van der Waals surface area contributed by atoms with Crippen LogP contribution in [0.15, 0.2) is 23.5 Å². The largest absolute Gasteiger partial charge is 0.501 e. The lowest BCUT2D eigenvalue weighted by molar-refractivity contribution is 0.116. The third kappa shape index (κ3) is 2.61. The normalized spacial score (nSPS) is 27.6. The van der Waals surface area contributed by atoms with Gasteiger partial charge in [0, 0.05) is 5.92 Å².